The van der Waals surface area contributed by atoms with E-state index < -0.39 is 5.60 Å². The molecule has 1 unspecified atom stereocenters. The summed E-state index contributed by atoms with van der Waals surface area (Å²) in [5, 5.41) is 3.45. The number of amides is 1. The highest BCUT2D eigenvalue weighted by atomic mass is 127. The van der Waals surface area contributed by atoms with Crippen molar-refractivity contribution in [1.82, 2.24) is 20.1 Å². The van der Waals surface area contributed by atoms with Gasteiger partial charge in [0.25, 0.3) is 0 Å². The molecule has 170 valence electrons. The zero-order valence-corrected chi connectivity index (χ0v) is 21.4. The molecule has 0 aromatic carbocycles. The quantitative estimate of drug-likeness (QED) is 0.259. The maximum absolute atomic E-state index is 12.7. The second-order valence-electron chi connectivity index (χ2n) is 8.78. The number of carbonyl (C=O) groups excluding carboxylic acids is 1. The lowest BCUT2D eigenvalue weighted by molar-refractivity contribution is 0.0232. The van der Waals surface area contributed by atoms with Crippen molar-refractivity contribution in [2.45, 2.75) is 59.1 Å². The molecule has 0 aliphatic carbocycles. The lowest BCUT2D eigenvalue weighted by atomic mass is 10.0. The molecule has 0 radical (unpaired) electrons. The molecule has 0 saturated carbocycles. The van der Waals surface area contributed by atoms with Crippen LogP contribution in [0.1, 0.15) is 52.5 Å². The average Bonchev–Trinajstić information content (AvgIpc) is 2.66. The largest absolute Gasteiger partial charge is 0.444 e. The number of piperidine rings is 1. The van der Waals surface area contributed by atoms with Crippen LogP contribution in [-0.4, -0.2) is 65.7 Å². The second kappa shape index (κ2) is 13.0. The molecule has 2 heterocycles. The fraction of sp³-hybridized carbons (Fsp3) is 0.682. The first-order valence-corrected chi connectivity index (χ1v) is 10.6. The number of rotatable bonds is 6. The molecule has 1 aromatic heterocycles. The van der Waals surface area contributed by atoms with Crippen LogP contribution in [0.3, 0.4) is 0 Å². The van der Waals surface area contributed by atoms with Crippen molar-refractivity contribution >= 4 is 36.0 Å². The Morgan fingerprint density at radius 2 is 2.20 bits per heavy atom. The van der Waals surface area contributed by atoms with Gasteiger partial charge in [-0.05, 0) is 57.6 Å². The number of carbonyl (C=O) groups is 1. The Bertz CT molecular complexity index is 663. The summed E-state index contributed by atoms with van der Waals surface area (Å²) >= 11 is 0. The number of nitrogens with zero attached hydrogens (tertiary/aromatic N) is 4. The van der Waals surface area contributed by atoms with Gasteiger partial charge in [-0.1, -0.05) is 13.0 Å². The van der Waals surface area contributed by atoms with E-state index in [0.717, 1.165) is 37.6 Å². The SMILES string of the molecule is CN=C(NCCCN(Cc1cccnc1)C(=O)OC(C)(C)C)N1CCCC(C)C1.I. The number of aromatic nitrogens is 1. The van der Waals surface area contributed by atoms with Gasteiger partial charge in [0, 0.05) is 45.6 Å². The first-order valence-electron chi connectivity index (χ1n) is 10.6. The summed E-state index contributed by atoms with van der Waals surface area (Å²) < 4.78 is 5.59. The Kier molecular flexibility index (Phi) is 11.4. The van der Waals surface area contributed by atoms with Crippen LogP contribution >= 0.6 is 24.0 Å². The van der Waals surface area contributed by atoms with Gasteiger partial charge < -0.3 is 19.9 Å². The first-order chi connectivity index (χ1) is 13.8. The molecule has 1 atom stereocenters. The van der Waals surface area contributed by atoms with E-state index in [0.29, 0.717) is 19.0 Å². The summed E-state index contributed by atoms with van der Waals surface area (Å²) in [4.78, 5) is 25.3. The summed E-state index contributed by atoms with van der Waals surface area (Å²) in [5.41, 5.74) is 0.472. The van der Waals surface area contributed by atoms with E-state index in [2.05, 4.69) is 27.1 Å². The number of hydrogen-bond acceptors (Lipinski definition) is 4. The van der Waals surface area contributed by atoms with Gasteiger partial charge >= 0.3 is 6.09 Å². The monoisotopic (exact) mass is 531 g/mol. The minimum absolute atomic E-state index is 0. The summed E-state index contributed by atoms with van der Waals surface area (Å²) in [7, 11) is 1.83. The third-order valence-electron chi connectivity index (χ3n) is 4.80. The van der Waals surface area contributed by atoms with Crippen molar-refractivity contribution < 1.29 is 9.53 Å². The van der Waals surface area contributed by atoms with Crippen molar-refractivity contribution in [3.8, 4) is 0 Å². The number of nitrogens with one attached hydrogen (secondary N) is 1. The van der Waals surface area contributed by atoms with E-state index in [1.807, 2.05) is 40.0 Å². The van der Waals surface area contributed by atoms with E-state index in [1.165, 1.54) is 12.8 Å². The molecule has 1 aliphatic rings. The first kappa shape index (κ1) is 26.5. The van der Waals surface area contributed by atoms with Crippen molar-refractivity contribution in [1.29, 1.82) is 0 Å². The van der Waals surface area contributed by atoms with Crippen molar-refractivity contribution in [2.75, 3.05) is 33.2 Å². The minimum atomic E-state index is -0.518. The van der Waals surface area contributed by atoms with Gasteiger partial charge in [0.05, 0.1) is 6.54 Å². The fourth-order valence-corrected chi connectivity index (χ4v) is 3.46. The standard InChI is InChI=1S/C22H37N5O2.HI/c1-18-9-7-13-26(16-18)20(23-5)25-12-8-14-27(21(28)29-22(2,3)4)17-19-10-6-11-24-15-19;/h6,10-11,15,18H,7-9,12-14,16-17H2,1-5H3,(H,23,25);1H. The second-order valence-corrected chi connectivity index (χ2v) is 8.78. The van der Waals surface area contributed by atoms with Crippen molar-refractivity contribution in [2.24, 2.45) is 10.9 Å². The molecule has 1 amide bonds. The summed E-state index contributed by atoms with van der Waals surface area (Å²) in [5.74, 6) is 1.65. The van der Waals surface area contributed by atoms with E-state index in [9.17, 15) is 4.79 Å². The van der Waals surface area contributed by atoms with Crippen LogP contribution in [0.25, 0.3) is 0 Å². The molecule has 0 bridgehead atoms. The lowest BCUT2D eigenvalue weighted by Crippen LogP contribution is -2.46. The van der Waals surface area contributed by atoms with Crippen molar-refractivity contribution in [3.05, 3.63) is 30.1 Å². The van der Waals surface area contributed by atoms with Crippen LogP contribution in [0.5, 0.6) is 0 Å². The fourth-order valence-electron chi connectivity index (χ4n) is 3.46. The molecular formula is C22H38IN5O2. The molecule has 1 saturated heterocycles. The maximum atomic E-state index is 12.7. The lowest BCUT2D eigenvalue weighted by Gasteiger charge is -2.33. The Balaban J connectivity index is 0.00000450. The zero-order valence-electron chi connectivity index (χ0n) is 19.1. The van der Waals surface area contributed by atoms with E-state index in [4.69, 9.17) is 4.74 Å². The molecule has 1 fully saturated rings. The predicted octanol–water partition coefficient (Wildman–Crippen LogP) is 4.13. The molecule has 1 N–H and O–H groups in total. The summed E-state index contributed by atoms with van der Waals surface area (Å²) in [6.45, 7) is 11.9. The van der Waals surface area contributed by atoms with Gasteiger partial charge in [0.2, 0.25) is 0 Å². The van der Waals surface area contributed by atoms with Crippen LogP contribution < -0.4 is 5.32 Å². The van der Waals surface area contributed by atoms with Gasteiger partial charge in [-0.15, -0.1) is 24.0 Å². The van der Waals surface area contributed by atoms with Gasteiger partial charge in [-0.3, -0.25) is 9.98 Å². The molecule has 30 heavy (non-hydrogen) atoms. The number of hydrogen-bond donors (Lipinski definition) is 1. The highest BCUT2D eigenvalue weighted by Gasteiger charge is 2.23. The summed E-state index contributed by atoms with van der Waals surface area (Å²) in [6, 6.07) is 3.86. The third-order valence-corrected chi connectivity index (χ3v) is 4.80. The Morgan fingerprint density at radius 1 is 1.43 bits per heavy atom. The third kappa shape index (κ3) is 9.49. The highest BCUT2D eigenvalue weighted by Crippen LogP contribution is 2.15. The highest BCUT2D eigenvalue weighted by molar-refractivity contribution is 14.0. The van der Waals surface area contributed by atoms with Crippen LogP contribution in [0.4, 0.5) is 4.79 Å². The van der Waals surface area contributed by atoms with Crippen LogP contribution in [0.2, 0.25) is 0 Å². The molecule has 0 spiro atoms. The number of halogens is 1. The number of ether oxygens (including phenoxy) is 1. The predicted molar refractivity (Wildman–Crippen MR) is 132 cm³/mol. The van der Waals surface area contributed by atoms with Crippen LogP contribution in [0.15, 0.2) is 29.5 Å². The molecule has 7 nitrogen and oxygen atoms in total. The summed E-state index contributed by atoms with van der Waals surface area (Å²) in [6.07, 6.45) is 6.52. The molecular weight excluding hydrogens is 493 g/mol. The Hall–Kier alpha value is -1.58. The normalized spacial score (nSPS) is 17.2. The topological polar surface area (TPSA) is 70.1 Å². The van der Waals surface area contributed by atoms with E-state index in [-0.39, 0.29) is 30.1 Å². The Morgan fingerprint density at radius 3 is 2.80 bits per heavy atom. The van der Waals surface area contributed by atoms with Crippen LogP contribution in [0, 0.1) is 5.92 Å². The number of guanidine groups is 1. The maximum Gasteiger partial charge on any atom is 0.410 e. The van der Waals surface area contributed by atoms with E-state index >= 15 is 0 Å². The van der Waals surface area contributed by atoms with Gasteiger partial charge in [-0.25, -0.2) is 4.79 Å². The number of aliphatic imine (C=N–C) groups is 1. The van der Waals surface area contributed by atoms with Gasteiger partial charge in [0.1, 0.15) is 5.60 Å². The van der Waals surface area contributed by atoms with Gasteiger partial charge in [-0.2, -0.15) is 0 Å². The zero-order chi connectivity index (χ0) is 21.3. The van der Waals surface area contributed by atoms with Gasteiger partial charge in [0.15, 0.2) is 5.96 Å². The number of likely N-dealkylation sites (tertiary alicyclic amines) is 1. The Labute approximate surface area is 198 Å². The molecule has 8 heteroatoms. The van der Waals surface area contributed by atoms with Crippen LogP contribution in [-0.2, 0) is 11.3 Å². The smallest absolute Gasteiger partial charge is 0.410 e. The minimum Gasteiger partial charge on any atom is -0.444 e. The number of pyridine rings is 1. The molecule has 1 aliphatic heterocycles. The average molecular weight is 531 g/mol. The molecule has 2 rings (SSSR count). The van der Waals surface area contributed by atoms with E-state index in [1.54, 1.807) is 17.3 Å². The molecule has 1 aromatic rings. The van der Waals surface area contributed by atoms with Crippen molar-refractivity contribution in [3.63, 3.8) is 0 Å².